The van der Waals surface area contributed by atoms with E-state index in [1.165, 1.54) is 5.56 Å². The predicted octanol–water partition coefficient (Wildman–Crippen LogP) is 4.16. The van der Waals surface area contributed by atoms with Gasteiger partial charge in [-0.05, 0) is 54.8 Å². The SMILES string of the molecule is CCc1ccc(Oc2ccc(C=O)c(C)c2)cc1. The van der Waals surface area contributed by atoms with E-state index in [9.17, 15) is 4.79 Å². The second kappa shape index (κ2) is 5.50. The maximum atomic E-state index is 10.7. The van der Waals surface area contributed by atoms with Gasteiger partial charge in [-0.15, -0.1) is 0 Å². The van der Waals surface area contributed by atoms with E-state index < -0.39 is 0 Å². The van der Waals surface area contributed by atoms with Crippen LogP contribution in [0.25, 0.3) is 0 Å². The topological polar surface area (TPSA) is 26.3 Å². The monoisotopic (exact) mass is 240 g/mol. The van der Waals surface area contributed by atoms with Crippen molar-refractivity contribution in [3.8, 4) is 11.5 Å². The molecule has 0 spiro atoms. The number of benzene rings is 2. The Morgan fingerprint density at radius 3 is 2.28 bits per heavy atom. The molecule has 0 atom stereocenters. The molecule has 2 nitrogen and oxygen atoms in total. The molecular weight excluding hydrogens is 224 g/mol. The van der Waals surface area contributed by atoms with Crippen molar-refractivity contribution in [2.45, 2.75) is 20.3 Å². The highest BCUT2D eigenvalue weighted by Crippen LogP contribution is 2.23. The van der Waals surface area contributed by atoms with Gasteiger partial charge in [0.15, 0.2) is 0 Å². The van der Waals surface area contributed by atoms with Crippen LogP contribution in [0, 0.1) is 6.92 Å². The largest absolute Gasteiger partial charge is 0.457 e. The number of aldehydes is 1. The molecule has 0 fully saturated rings. The van der Waals surface area contributed by atoms with Crippen LogP contribution in [0.4, 0.5) is 0 Å². The van der Waals surface area contributed by atoms with Crippen LogP contribution in [0.15, 0.2) is 42.5 Å². The Labute approximate surface area is 107 Å². The maximum absolute atomic E-state index is 10.7. The highest BCUT2D eigenvalue weighted by Gasteiger charge is 2.01. The summed E-state index contributed by atoms with van der Waals surface area (Å²) in [5, 5.41) is 0. The molecule has 92 valence electrons. The van der Waals surface area contributed by atoms with Crippen molar-refractivity contribution in [3.63, 3.8) is 0 Å². The van der Waals surface area contributed by atoms with Gasteiger partial charge in [-0.3, -0.25) is 4.79 Å². The fraction of sp³-hybridized carbons (Fsp3) is 0.188. The van der Waals surface area contributed by atoms with E-state index in [-0.39, 0.29) is 0 Å². The fourth-order valence-corrected chi connectivity index (χ4v) is 1.77. The highest BCUT2D eigenvalue weighted by molar-refractivity contribution is 5.77. The first-order chi connectivity index (χ1) is 8.72. The standard InChI is InChI=1S/C16H16O2/c1-3-13-4-7-15(8-5-13)18-16-9-6-14(11-17)12(2)10-16/h4-11H,3H2,1-2H3. The van der Waals surface area contributed by atoms with Crippen molar-refractivity contribution < 1.29 is 9.53 Å². The van der Waals surface area contributed by atoms with Crippen molar-refractivity contribution in [1.29, 1.82) is 0 Å². The summed E-state index contributed by atoms with van der Waals surface area (Å²) in [6.45, 7) is 4.02. The van der Waals surface area contributed by atoms with Crippen LogP contribution in [0.3, 0.4) is 0 Å². The van der Waals surface area contributed by atoms with Gasteiger partial charge < -0.3 is 4.74 Å². The number of hydrogen-bond donors (Lipinski definition) is 0. The van der Waals surface area contributed by atoms with Gasteiger partial charge in [-0.1, -0.05) is 19.1 Å². The van der Waals surface area contributed by atoms with E-state index in [0.29, 0.717) is 5.56 Å². The summed E-state index contributed by atoms with van der Waals surface area (Å²) >= 11 is 0. The minimum absolute atomic E-state index is 0.698. The molecule has 0 aliphatic rings. The molecule has 0 unspecified atom stereocenters. The number of aryl methyl sites for hydroxylation is 2. The van der Waals surface area contributed by atoms with Gasteiger partial charge >= 0.3 is 0 Å². The van der Waals surface area contributed by atoms with Crippen LogP contribution in [-0.4, -0.2) is 6.29 Å². The Morgan fingerprint density at radius 2 is 1.72 bits per heavy atom. The molecule has 2 rings (SSSR count). The molecule has 2 aromatic carbocycles. The summed E-state index contributed by atoms with van der Waals surface area (Å²) in [7, 11) is 0. The van der Waals surface area contributed by atoms with Crippen molar-refractivity contribution in [3.05, 3.63) is 59.2 Å². The van der Waals surface area contributed by atoms with Gasteiger partial charge in [0.2, 0.25) is 0 Å². The number of hydrogen-bond acceptors (Lipinski definition) is 2. The Kier molecular flexibility index (Phi) is 3.78. The molecular formula is C16H16O2. The van der Waals surface area contributed by atoms with E-state index in [1.807, 2.05) is 31.2 Å². The third-order valence-corrected chi connectivity index (χ3v) is 2.94. The third kappa shape index (κ3) is 2.77. The zero-order valence-corrected chi connectivity index (χ0v) is 10.6. The molecule has 0 saturated carbocycles. The molecule has 0 aliphatic heterocycles. The van der Waals surface area contributed by atoms with Gasteiger partial charge in [0, 0.05) is 5.56 Å². The van der Waals surface area contributed by atoms with E-state index in [0.717, 1.165) is 29.8 Å². The smallest absolute Gasteiger partial charge is 0.150 e. The molecule has 2 heteroatoms. The quantitative estimate of drug-likeness (QED) is 0.750. The highest BCUT2D eigenvalue weighted by atomic mass is 16.5. The van der Waals surface area contributed by atoms with Gasteiger partial charge in [0.25, 0.3) is 0 Å². The average Bonchev–Trinajstić information content (AvgIpc) is 2.40. The van der Waals surface area contributed by atoms with Crippen LogP contribution in [0.1, 0.15) is 28.4 Å². The number of carbonyl (C=O) groups excluding carboxylic acids is 1. The first-order valence-corrected chi connectivity index (χ1v) is 6.05. The second-order valence-corrected chi connectivity index (χ2v) is 4.24. The molecule has 0 amide bonds. The van der Waals surface area contributed by atoms with Gasteiger partial charge in [0.1, 0.15) is 17.8 Å². The van der Waals surface area contributed by atoms with E-state index in [2.05, 4.69) is 19.1 Å². The fourth-order valence-electron chi connectivity index (χ4n) is 1.77. The Bertz CT molecular complexity index is 542. The van der Waals surface area contributed by atoms with Crippen LogP contribution in [0.2, 0.25) is 0 Å². The summed E-state index contributed by atoms with van der Waals surface area (Å²) < 4.78 is 5.74. The summed E-state index contributed by atoms with van der Waals surface area (Å²) in [5.41, 5.74) is 2.91. The minimum Gasteiger partial charge on any atom is -0.457 e. The predicted molar refractivity (Wildman–Crippen MR) is 72.5 cm³/mol. The Hall–Kier alpha value is -2.09. The summed E-state index contributed by atoms with van der Waals surface area (Å²) in [4.78, 5) is 10.7. The van der Waals surface area contributed by atoms with Crippen molar-refractivity contribution in [2.24, 2.45) is 0 Å². The van der Waals surface area contributed by atoms with Crippen LogP contribution in [-0.2, 0) is 6.42 Å². The molecule has 0 heterocycles. The molecule has 0 aliphatic carbocycles. The lowest BCUT2D eigenvalue weighted by molar-refractivity contribution is 0.112. The van der Waals surface area contributed by atoms with Gasteiger partial charge in [0.05, 0.1) is 0 Å². The molecule has 0 bridgehead atoms. The first kappa shape index (κ1) is 12.4. The summed E-state index contributed by atoms with van der Waals surface area (Å²) in [6, 6.07) is 13.5. The second-order valence-electron chi connectivity index (χ2n) is 4.24. The molecule has 0 N–H and O–H groups in total. The first-order valence-electron chi connectivity index (χ1n) is 6.05. The van der Waals surface area contributed by atoms with E-state index in [1.54, 1.807) is 6.07 Å². The molecule has 2 aromatic rings. The van der Waals surface area contributed by atoms with E-state index in [4.69, 9.17) is 4.74 Å². The molecule has 0 saturated heterocycles. The lowest BCUT2D eigenvalue weighted by atomic mass is 10.1. The zero-order valence-electron chi connectivity index (χ0n) is 10.6. The van der Waals surface area contributed by atoms with Crippen LogP contribution >= 0.6 is 0 Å². The molecule has 0 radical (unpaired) electrons. The number of carbonyl (C=O) groups is 1. The zero-order chi connectivity index (χ0) is 13.0. The normalized spacial score (nSPS) is 10.1. The maximum Gasteiger partial charge on any atom is 0.150 e. The van der Waals surface area contributed by atoms with Crippen LogP contribution in [0.5, 0.6) is 11.5 Å². The average molecular weight is 240 g/mol. The summed E-state index contributed by atoms with van der Waals surface area (Å²) in [5.74, 6) is 1.56. The molecule has 18 heavy (non-hydrogen) atoms. The van der Waals surface area contributed by atoms with Crippen molar-refractivity contribution in [2.75, 3.05) is 0 Å². The minimum atomic E-state index is 0.698. The number of rotatable bonds is 4. The van der Waals surface area contributed by atoms with Gasteiger partial charge in [-0.25, -0.2) is 0 Å². The van der Waals surface area contributed by atoms with Crippen LogP contribution < -0.4 is 4.74 Å². The lowest BCUT2D eigenvalue weighted by Gasteiger charge is -2.08. The Balaban J connectivity index is 2.17. The van der Waals surface area contributed by atoms with Gasteiger partial charge in [-0.2, -0.15) is 0 Å². The van der Waals surface area contributed by atoms with Crippen molar-refractivity contribution in [1.82, 2.24) is 0 Å². The summed E-state index contributed by atoms with van der Waals surface area (Å²) in [6.07, 6.45) is 1.88. The number of ether oxygens (including phenoxy) is 1. The third-order valence-electron chi connectivity index (χ3n) is 2.94. The lowest BCUT2D eigenvalue weighted by Crippen LogP contribution is -1.89. The van der Waals surface area contributed by atoms with E-state index >= 15 is 0 Å². The molecule has 0 aromatic heterocycles. The Morgan fingerprint density at radius 1 is 1.06 bits per heavy atom. The van der Waals surface area contributed by atoms with Crippen molar-refractivity contribution >= 4 is 6.29 Å².